The van der Waals surface area contributed by atoms with Crippen LogP contribution in [0.1, 0.15) is 5.56 Å². The average Bonchev–Trinajstić information content (AvgIpc) is 2.28. The third-order valence-corrected chi connectivity index (χ3v) is 2.53. The van der Waals surface area contributed by atoms with Crippen molar-refractivity contribution < 1.29 is 4.74 Å². The molecular formula is C12H19ClN2O. The van der Waals surface area contributed by atoms with E-state index in [1.165, 1.54) is 5.56 Å². The monoisotopic (exact) mass is 242 g/mol. The maximum atomic E-state index is 5.93. The molecule has 0 amide bonds. The molecule has 0 aliphatic carbocycles. The van der Waals surface area contributed by atoms with E-state index in [2.05, 4.69) is 17.6 Å². The average molecular weight is 243 g/mol. The van der Waals surface area contributed by atoms with Gasteiger partial charge in [0.15, 0.2) is 0 Å². The molecule has 0 aromatic heterocycles. The minimum atomic E-state index is 0.746. The van der Waals surface area contributed by atoms with Crippen LogP contribution >= 0.6 is 11.6 Å². The molecule has 1 rings (SSSR count). The second kappa shape index (κ2) is 7.49. The molecule has 1 aromatic carbocycles. The Morgan fingerprint density at radius 2 is 2.06 bits per heavy atom. The van der Waals surface area contributed by atoms with Gasteiger partial charge in [0.05, 0.1) is 6.61 Å². The fourth-order valence-electron chi connectivity index (χ4n) is 1.37. The molecule has 0 radical (unpaired) electrons. The molecule has 0 aliphatic rings. The number of methoxy groups -OCH3 is 1. The third-order valence-electron chi connectivity index (χ3n) is 2.30. The summed E-state index contributed by atoms with van der Waals surface area (Å²) in [6, 6.07) is 5.87. The topological polar surface area (TPSA) is 33.3 Å². The highest BCUT2D eigenvalue weighted by atomic mass is 35.5. The number of anilines is 1. The van der Waals surface area contributed by atoms with Gasteiger partial charge < -0.3 is 15.4 Å². The summed E-state index contributed by atoms with van der Waals surface area (Å²) in [5, 5.41) is 7.38. The summed E-state index contributed by atoms with van der Waals surface area (Å²) in [5.41, 5.74) is 2.31. The molecule has 3 nitrogen and oxygen atoms in total. The number of benzene rings is 1. The largest absolute Gasteiger partial charge is 0.384 e. The highest BCUT2D eigenvalue weighted by Gasteiger charge is 1.97. The standard InChI is InChI=1S/C12H19ClN2O/c1-10-3-4-11(13)9-12(10)15-6-5-14-7-8-16-2/h3-4,9,14-15H,5-8H2,1-2H3. The maximum Gasteiger partial charge on any atom is 0.0587 e. The van der Waals surface area contributed by atoms with Crippen molar-refractivity contribution in [2.24, 2.45) is 0 Å². The Balaban J connectivity index is 2.23. The van der Waals surface area contributed by atoms with Gasteiger partial charge in [0.25, 0.3) is 0 Å². The second-order valence-corrected chi connectivity index (χ2v) is 4.07. The molecule has 2 N–H and O–H groups in total. The van der Waals surface area contributed by atoms with Gasteiger partial charge in [0.1, 0.15) is 0 Å². The van der Waals surface area contributed by atoms with Gasteiger partial charge in [0.2, 0.25) is 0 Å². The zero-order valence-corrected chi connectivity index (χ0v) is 10.6. The van der Waals surface area contributed by atoms with Crippen molar-refractivity contribution in [1.29, 1.82) is 0 Å². The van der Waals surface area contributed by atoms with E-state index in [9.17, 15) is 0 Å². The summed E-state index contributed by atoms with van der Waals surface area (Å²) in [4.78, 5) is 0. The van der Waals surface area contributed by atoms with Gasteiger partial charge >= 0.3 is 0 Å². The van der Waals surface area contributed by atoms with Gasteiger partial charge in [-0.2, -0.15) is 0 Å². The fraction of sp³-hybridized carbons (Fsp3) is 0.500. The Kier molecular flexibility index (Phi) is 6.23. The highest BCUT2D eigenvalue weighted by Crippen LogP contribution is 2.19. The minimum Gasteiger partial charge on any atom is -0.384 e. The van der Waals surface area contributed by atoms with Crippen LogP contribution < -0.4 is 10.6 Å². The molecule has 0 fully saturated rings. The lowest BCUT2D eigenvalue weighted by Crippen LogP contribution is -2.25. The van der Waals surface area contributed by atoms with Gasteiger partial charge in [0, 0.05) is 37.5 Å². The Hall–Kier alpha value is -0.770. The first-order valence-electron chi connectivity index (χ1n) is 5.43. The van der Waals surface area contributed by atoms with Crippen LogP contribution in [-0.4, -0.2) is 33.4 Å². The smallest absolute Gasteiger partial charge is 0.0587 e. The SMILES string of the molecule is COCCNCCNc1cc(Cl)ccc1C. The van der Waals surface area contributed by atoms with Gasteiger partial charge in [-0.1, -0.05) is 17.7 Å². The number of hydrogen-bond acceptors (Lipinski definition) is 3. The molecule has 0 saturated heterocycles. The molecule has 0 atom stereocenters. The third kappa shape index (κ3) is 4.84. The first-order valence-corrected chi connectivity index (χ1v) is 5.81. The number of nitrogens with one attached hydrogen (secondary N) is 2. The summed E-state index contributed by atoms with van der Waals surface area (Å²) in [6.07, 6.45) is 0. The van der Waals surface area contributed by atoms with Crippen molar-refractivity contribution in [2.45, 2.75) is 6.92 Å². The second-order valence-electron chi connectivity index (χ2n) is 3.63. The van der Waals surface area contributed by atoms with Crippen LogP contribution in [0.25, 0.3) is 0 Å². The van der Waals surface area contributed by atoms with E-state index in [0.29, 0.717) is 0 Å². The molecule has 0 aliphatic heterocycles. The van der Waals surface area contributed by atoms with Crippen molar-refractivity contribution in [3.05, 3.63) is 28.8 Å². The Morgan fingerprint density at radius 1 is 1.25 bits per heavy atom. The first kappa shape index (κ1) is 13.3. The molecule has 0 heterocycles. The van der Waals surface area contributed by atoms with E-state index in [1.54, 1.807) is 7.11 Å². The van der Waals surface area contributed by atoms with Crippen molar-refractivity contribution in [3.63, 3.8) is 0 Å². The highest BCUT2D eigenvalue weighted by molar-refractivity contribution is 6.30. The maximum absolute atomic E-state index is 5.93. The Bertz CT molecular complexity index is 318. The molecule has 16 heavy (non-hydrogen) atoms. The number of ether oxygens (including phenoxy) is 1. The van der Waals surface area contributed by atoms with Crippen LogP contribution in [-0.2, 0) is 4.74 Å². The minimum absolute atomic E-state index is 0.746. The van der Waals surface area contributed by atoms with Crippen LogP contribution in [0.4, 0.5) is 5.69 Å². The van der Waals surface area contributed by atoms with Crippen molar-refractivity contribution >= 4 is 17.3 Å². The molecule has 0 bridgehead atoms. The van der Waals surface area contributed by atoms with E-state index in [0.717, 1.165) is 37.0 Å². The van der Waals surface area contributed by atoms with Crippen LogP contribution in [0, 0.1) is 6.92 Å². The van der Waals surface area contributed by atoms with Crippen molar-refractivity contribution in [2.75, 3.05) is 38.7 Å². The number of halogens is 1. The number of hydrogen-bond donors (Lipinski definition) is 2. The Labute approximate surface area is 102 Å². The lowest BCUT2D eigenvalue weighted by molar-refractivity contribution is 0.200. The van der Waals surface area contributed by atoms with Gasteiger partial charge in [-0.3, -0.25) is 0 Å². The lowest BCUT2D eigenvalue weighted by atomic mass is 10.2. The van der Waals surface area contributed by atoms with E-state index < -0.39 is 0 Å². The summed E-state index contributed by atoms with van der Waals surface area (Å²) < 4.78 is 4.94. The van der Waals surface area contributed by atoms with Gasteiger partial charge in [-0.25, -0.2) is 0 Å². The molecule has 4 heteroatoms. The summed E-state index contributed by atoms with van der Waals surface area (Å²) in [5.74, 6) is 0. The molecule has 90 valence electrons. The van der Waals surface area contributed by atoms with Crippen molar-refractivity contribution in [3.8, 4) is 0 Å². The molecule has 1 aromatic rings. The van der Waals surface area contributed by atoms with E-state index >= 15 is 0 Å². The molecule has 0 unspecified atom stereocenters. The summed E-state index contributed by atoms with van der Waals surface area (Å²) >= 11 is 5.93. The van der Waals surface area contributed by atoms with Gasteiger partial charge in [-0.15, -0.1) is 0 Å². The number of aryl methyl sites for hydroxylation is 1. The van der Waals surface area contributed by atoms with Crippen LogP contribution in [0.2, 0.25) is 5.02 Å². The molecule has 0 saturated carbocycles. The van der Waals surface area contributed by atoms with Gasteiger partial charge in [-0.05, 0) is 24.6 Å². The normalized spacial score (nSPS) is 10.4. The zero-order valence-electron chi connectivity index (χ0n) is 9.85. The van der Waals surface area contributed by atoms with E-state index in [4.69, 9.17) is 16.3 Å². The van der Waals surface area contributed by atoms with Crippen LogP contribution in [0.15, 0.2) is 18.2 Å². The van der Waals surface area contributed by atoms with Crippen molar-refractivity contribution in [1.82, 2.24) is 5.32 Å². The van der Waals surface area contributed by atoms with E-state index in [-0.39, 0.29) is 0 Å². The first-order chi connectivity index (χ1) is 7.74. The number of rotatable bonds is 7. The van der Waals surface area contributed by atoms with E-state index in [1.807, 2.05) is 18.2 Å². The zero-order chi connectivity index (χ0) is 11.8. The van der Waals surface area contributed by atoms with Crippen LogP contribution in [0.3, 0.4) is 0 Å². The lowest BCUT2D eigenvalue weighted by Gasteiger charge is -2.10. The molecule has 0 spiro atoms. The summed E-state index contributed by atoms with van der Waals surface area (Å²) in [6.45, 7) is 5.49. The predicted molar refractivity (Wildman–Crippen MR) is 69.4 cm³/mol. The summed E-state index contributed by atoms with van der Waals surface area (Å²) in [7, 11) is 1.70. The molecular weight excluding hydrogens is 224 g/mol. The van der Waals surface area contributed by atoms with Crippen LogP contribution in [0.5, 0.6) is 0 Å². The predicted octanol–water partition coefficient (Wildman–Crippen LogP) is 2.30. The Morgan fingerprint density at radius 3 is 2.81 bits per heavy atom. The quantitative estimate of drug-likeness (QED) is 0.720. The fourth-order valence-corrected chi connectivity index (χ4v) is 1.54.